The molecule has 0 bridgehead atoms. The second-order valence-electron chi connectivity index (χ2n) is 3.48. The highest BCUT2D eigenvalue weighted by Crippen LogP contribution is 2.26. The minimum Gasteiger partial charge on any atom is -0.308 e. The number of halogens is 1. The van der Waals surface area contributed by atoms with Crippen molar-refractivity contribution < 1.29 is 0 Å². The first-order valence-electron chi connectivity index (χ1n) is 5.07. The van der Waals surface area contributed by atoms with Gasteiger partial charge in [-0.25, -0.2) is 4.98 Å². The van der Waals surface area contributed by atoms with Crippen LogP contribution in [0.3, 0.4) is 0 Å². The zero-order valence-corrected chi connectivity index (χ0v) is 10.5. The van der Waals surface area contributed by atoms with Crippen LogP contribution in [-0.2, 0) is 6.54 Å². The van der Waals surface area contributed by atoms with E-state index in [0.29, 0.717) is 6.04 Å². The minimum atomic E-state index is 0.320. The third-order valence-electron chi connectivity index (χ3n) is 2.28. The number of aromatic nitrogens is 3. The molecule has 0 saturated heterocycles. The number of nitrogens with one attached hydrogen (secondary N) is 1. The standard InChI is InChI=1S/C10H13ClN4S/c1-8(9-2-3-10(11)16-9)13-4-5-15-7-12-6-14-15/h2-3,6-8,13H,4-5H2,1H3. The number of thiophene rings is 1. The molecule has 1 N–H and O–H groups in total. The fourth-order valence-corrected chi connectivity index (χ4v) is 2.49. The number of hydrogen-bond donors (Lipinski definition) is 1. The van der Waals surface area contributed by atoms with E-state index in [1.807, 2.05) is 6.07 Å². The second-order valence-corrected chi connectivity index (χ2v) is 5.22. The van der Waals surface area contributed by atoms with Gasteiger partial charge in [-0.05, 0) is 19.1 Å². The molecule has 2 rings (SSSR count). The Kier molecular flexibility index (Phi) is 3.93. The SMILES string of the molecule is CC(NCCn1cncn1)c1ccc(Cl)s1. The quantitative estimate of drug-likeness (QED) is 0.893. The normalized spacial score (nSPS) is 12.9. The van der Waals surface area contributed by atoms with Crippen molar-refractivity contribution in [3.63, 3.8) is 0 Å². The van der Waals surface area contributed by atoms with E-state index < -0.39 is 0 Å². The first-order chi connectivity index (χ1) is 7.75. The maximum atomic E-state index is 5.89. The van der Waals surface area contributed by atoms with Gasteiger partial charge in [0.25, 0.3) is 0 Å². The van der Waals surface area contributed by atoms with Crippen molar-refractivity contribution in [1.29, 1.82) is 0 Å². The molecule has 0 aliphatic heterocycles. The Bertz CT molecular complexity index is 426. The summed E-state index contributed by atoms with van der Waals surface area (Å²) in [7, 11) is 0. The van der Waals surface area contributed by atoms with Crippen LogP contribution in [0, 0.1) is 0 Å². The van der Waals surface area contributed by atoms with Crippen LogP contribution >= 0.6 is 22.9 Å². The van der Waals surface area contributed by atoms with Crippen molar-refractivity contribution in [3.05, 3.63) is 34.0 Å². The van der Waals surface area contributed by atoms with Crippen LogP contribution in [0.4, 0.5) is 0 Å². The van der Waals surface area contributed by atoms with E-state index in [1.165, 1.54) is 4.88 Å². The summed E-state index contributed by atoms with van der Waals surface area (Å²) in [6.07, 6.45) is 3.26. The maximum Gasteiger partial charge on any atom is 0.137 e. The van der Waals surface area contributed by atoms with Crippen molar-refractivity contribution in [3.8, 4) is 0 Å². The van der Waals surface area contributed by atoms with Gasteiger partial charge in [-0.3, -0.25) is 4.68 Å². The number of rotatable bonds is 5. The van der Waals surface area contributed by atoms with E-state index in [2.05, 4.69) is 28.4 Å². The van der Waals surface area contributed by atoms with Gasteiger partial charge in [-0.15, -0.1) is 11.3 Å². The molecule has 0 fully saturated rings. The Morgan fingerprint density at radius 3 is 3.06 bits per heavy atom. The lowest BCUT2D eigenvalue weighted by molar-refractivity contribution is 0.510. The van der Waals surface area contributed by atoms with E-state index in [9.17, 15) is 0 Å². The molecule has 86 valence electrons. The summed E-state index contributed by atoms with van der Waals surface area (Å²) < 4.78 is 2.64. The van der Waals surface area contributed by atoms with Crippen LogP contribution in [0.25, 0.3) is 0 Å². The molecule has 2 heterocycles. The highest BCUT2D eigenvalue weighted by molar-refractivity contribution is 7.16. The molecule has 1 atom stereocenters. The third kappa shape index (κ3) is 3.04. The van der Waals surface area contributed by atoms with Gasteiger partial charge in [-0.2, -0.15) is 5.10 Å². The first-order valence-corrected chi connectivity index (χ1v) is 6.26. The molecule has 0 aliphatic carbocycles. The van der Waals surface area contributed by atoms with Gasteiger partial charge in [0.15, 0.2) is 0 Å². The molecule has 6 heteroatoms. The topological polar surface area (TPSA) is 42.7 Å². The molecule has 0 aromatic carbocycles. The zero-order valence-electron chi connectivity index (χ0n) is 8.93. The lowest BCUT2D eigenvalue weighted by Gasteiger charge is -2.11. The zero-order chi connectivity index (χ0) is 11.4. The summed E-state index contributed by atoms with van der Waals surface area (Å²) in [6, 6.07) is 4.30. The predicted octanol–water partition coefficient (Wildman–Crippen LogP) is 2.34. The highest BCUT2D eigenvalue weighted by Gasteiger charge is 2.06. The number of hydrogen-bond acceptors (Lipinski definition) is 4. The smallest absolute Gasteiger partial charge is 0.137 e. The second kappa shape index (κ2) is 5.43. The molecule has 0 radical (unpaired) electrons. The Balaban J connectivity index is 1.78. The first kappa shape index (κ1) is 11.6. The molecule has 0 aliphatic rings. The van der Waals surface area contributed by atoms with Crippen LogP contribution in [0.2, 0.25) is 4.34 Å². The van der Waals surface area contributed by atoms with E-state index in [1.54, 1.807) is 28.7 Å². The largest absolute Gasteiger partial charge is 0.308 e. The summed E-state index contributed by atoms with van der Waals surface area (Å²) in [5, 5.41) is 7.45. The lowest BCUT2D eigenvalue weighted by atomic mass is 10.3. The molecule has 2 aromatic heterocycles. The Morgan fingerprint density at radius 2 is 2.44 bits per heavy atom. The summed E-state index contributed by atoms with van der Waals surface area (Å²) in [6.45, 7) is 3.81. The molecule has 2 aromatic rings. The molecular weight excluding hydrogens is 244 g/mol. The Hall–Kier alpha value is -0.910. The minimum absolute atomic E-state index is 0.320. The predicted molar refractivity (Wildman–Crippen MR) is 65.8 cm³/mol. The highest BCUT2D eigenvalue weighted by atomic mass is 35.5. The summed E-state index contributed by atoms with van der Waals surface area (Å²) >= 11 is 7.50. The molecule has 16 heavy (non-hydrogen) atoms. The summed E-state index contributed by atoms with van der Waals surface area (Å²) in [5.41, 5.74) is 0. The van der Waals surface area contributed by atoms with E-state index in [4.69, 9.17) is 11.6 Å². The van der Waals surface area contributed by atoms with Gasteiger partial charge < -0.3 is 5.32 Å². The van der Waals surface area contributed by atoms with Gasteiger partial charge in [0.05, 0.1) is 10.9 Å². The van der Waals surface area contributed by atoms with E-state index in [0.717, 1.165) is 17.4 Å². The van der Waals surface area contributed by atoms with Gasteiger partial charge in [-0.1, -0.05) is 11.6 Å². The van der Waals surface area contributed by atoms with Gasteiger partial charge in [0, 0.05) is 17.5 Å². The Labute approximate surface area is 103 Å². The molecule has 0 saturated carbocycles. The fourth-order valence-electron chi connectivity index (χ4n) is 1.41. The fraction of sp³-hybridized carbons (Fsp3) is 0.400. The van der Waals surface area contributed by atoms with Crippen molar-refractivity contribution in [2.75, 3.05) is 6.54 Å². The van der Waals surface area contributed by atoms with Crippen LogP contribution in [-0.4, -0.2) is 21.3 Å². The van der Waals surface area contributed by atoms with Crippen molar-refractivity contribution >= 4 is 22.9 Å². The average Bonchev–Trinajstić information content (AvgIpc) is 2.89. The van der Waals surface area contributed by atoms with Crippen molar-refractivity contribution in [2.45, 2.75) is 19.5 Å². The van der Waals surface area contributed by atoms with Crippen LogP contribution in [0.5, 0.6) is 0 Å². The van der Waals surface area contributed by atoms with E-state index >= 15 is 0 Å². The van der Waals surface area contributed by atoms with Gasteiger partial charge >= 0.3 is 0 Å². The van der Waals surface area contributed by atoms with E-state index in [-0.39, 0.29) is 0 Å². The van der Waals surface area contributed by atoms with Crippen LogP contribution < -0.4 is 5.32 Å². The van der Waals surface area contributed by atoms with Crippen molar-refractivity contribution in [2.24, 2.45) is 0 Å². The molecule has 0 spiro atoms. The average molecular weight is 257 g/mol. The van der Waals surface area contributed by atoms with Crippen molar-refractivity contribution in [1.82, 2.24) is 20.1 Å². The number of nitrogens with zero attached hydrogens (tertiary/aromatic N) is 3. The summed E-state index contributed by atoms with van der Waals surface area (Å²) in [5.74, 6) is 0. The molecule has 0 amide bonds. The van der Waals surface area contributed by atoms with Gasteiger partial charge in [0.1, 0.15) is 12.7 Å². The Morgan fingerprint density at radius 1 is 1.56 bits per heavy atom. The van der Waals surface area contributed by atoms with Crippen LogP contribution in [0.15, 0.2) is 24.8 Å². The molecular formula is C10H13ClN4S. The molecule has 1 unspecified atom stereocenters. The summed E-state index contributed by atoms with van der Waals surface area (Å²) in [4.78, 5) is 5.14. The monoisotopic (exact) mass is 256 g/mol. The van der Waals surface area contributed by atoms with Gasteiger partial charge in [0.2, 0.25) is 0 Å². The van der Waals surface area contributed by atoms with Crippen LogP contribution in [0.1, 0.15) is 17.8 Å². The maximum absolute atomic E-state index is 5.89. The third-order valence-corrected chi connectivity index (χ3v) is 3.69. The molecule has 4 nitrogen and oxygen atoms in total. The lowest BCUT2D eigenvalue weighted by Crippen LogP contribution is -2.22.